The van der Waals surface area contributed by atoms with Crippen molar-refractivity contribution in [1.82, 2.24) is 4.98 Å². The summed E-state index contributed by atoms with van der Waals surface area (Å²) in [6.45, 7) is 1.94. The highest BCUT2D eigenvalue weighted by molar-refractivity contribution is 7.19. The van der Waals surface area contributed by atoms with Crippen LogP contribution in [0.5, 0.6) is 0 Å². The maximum Gasteiger partial charge on any atom is 0.316 e. The lowest BCUT2D eigenvalue weighted by Crippen LogP contribution is -2.19. The Morgan fingerprint density at radius 1 is 1.64 bits per heavy atom. The van der Waals surface area contributed by atoms with Gasteiger partial charge in [-0.2, -0.15) is 0 Å². The Bertz CT molecular complexity index is 492. The van der Waals surface area contributed by atoms with E-state index in [1.165, 1.54) is 0 Å². The van der Waals surface area contributed by atoms with E-state index in [1.54, 1.807) is 23.7 Å². The Morgan fingerprint density at radius 3 is 3.14 bits per heavy atom. The van der Waals surface area contributed by atoms with Crippen LogP contribution < -0.4 is 11.1 Å². The molecule has 0 aliphatic rings. The largest absolute Gasteiger partial charge is 0.351 e. The number of anilines is 1. The zero-order valence-electron chi connectivity index (χ0n) is 7.57. The van der Waals surface area contributed by atoms with Gasteiger partial charge in [0, 0.05) is 22.7 Å². The molecule has 0 aromatic carbocycles. The highest BCUT2D eigenvalue weighted by atomic mass is 32.1. The number of rotatable bonds is 1. The lowest BCUT2D eigenvalue weighted by atomic mass is 10.2. The molecule has 0 unspecified atom stereocenters. The molecule has 0 fully saturated rings. The van der Waals surface area contributed by atoms with Crippen molar-refractivity contribution in [1.29, 1.82) is 0 Å². The molecule has 0 saturated heterocycles. The lowest BCUT2D eigenvalue weighted by Gasteiger charge is -2.00. The van der Waals surface area contributed by atoms with E-state index in [0.717, 1.165) is 20.7 Å². The molecule has 72 valence electrons. The van der Waals surface area contributed by atoms with Crippen LogP contribution in [0.25, 0.3) is 10.1 Å². The molecular weight excluding hydrogens is 198 g/mol. The SMILES string of the molecule is Cc1sc2cnccc2c1NC(N)=O. The van der Waals surface area contributed by atoms with Gasteiger partial charge in [0.2, 0.25) is 0 Å². The second-order valence-electron chi connectivity index (χ2n) is 2.89. The summed E-state index contributed by atoms with van der Waals surface area (Å²) in [4.78, 5) is 15.8. The second-order valence-corrected chi connectivity index (χ2v) is 4.15. The summed E-state index contributed by atoms with van der Waals surface area (Å²) in [5, 5.41) is 3.60. The van der Waals surface area contributed by atoms with E-state index in [1.807, 2.05) is 13.0 Å². The number of hydrogen-bond acceptors (Lipinski definition) is 3. The van der Waals surface area contributed by atoms with Crippen molar-refractivity contribution in [3.63, 3.8) is 0 Å². The Labute approximate surface area is 84.8 Å². The van der Waals surface area contributed by atoms with Gasteiger partial charge in [0.1, 0.15) is 0 Å². The Kier molecular flexibility index (Phi) is 2.09. The van der Waals surface area contributed by atoms with Crippen molar-refractivity contribution >= 4 is 33.1 Å². The number of aryl methyl sites for hydroxylation is 1. The number of nitrogens with one attached hydrogen (secondary N) is 1. The van der Waals surface area contributed by atoms with Crippen LogP contribution in [0.1, 0.15) is 4.88 Å². The molecule has 2 aromatic rings. The summed E-state index contributed by atoms with van der Waals surface area (Å²) in [7, 11) is 0. The number of thiophene rings is 1. The lowest BCUT2D eigenvalue weighted by molar-refractivity contribution is 0.259. The quantitative estimate of drug-likeness (QED) is 0.751. The molecule has 3 N–H and O–H groups in total. The first-order chi connectivity index (χ1) is 6.68. The number of nitrogens with two attached hydrogens (primary N) is 1. The number of pyridine rings is 1. The van der Waals surface area contributed by atoms with E-state index in [-0.39, 0.29) is 0 Å². The third kappa shape index (κ3) is 1.42. The average Bonchev–Trinajstić information content (AvgIpc) is 2.43. The van der Waals surface area contributed by atoms with Crippen molar-refractivity contribution in [3.05, 3.63) is 23.3 Å². The summed E-state index contributed by atoms with van der Waals surface area (Å²) in [6.07, 6.45) is 3.47. The molecule has 2 amide bonds. The van der Waals surface area contributed by atoms with Gasteiger partial charge in [-0.3, -0.25) is 4.98 Å². The Morgan fingerprint density at radius 2 is 2.43 bits per heavy atom. The summed E-state index contributed by atoms with van der Waals surface area (Å²) in [5.41, 5.74) is 5.87. The monoisotopic (exact) mass is 207 g/mol. The van der Waals surface area contributed by atoms with E-state index >= 15 is 0 Å². The minimum absolute atomic E-state index is 0.537. The number of nitrogens with zero attached hydrogens (tertiary/aromatic N) is 1. The van der Waals surface area contributed by atoms with Crippen LogP contribution in [0.3, 0.4) is 0 Å². The minimum atomic E-state index is -0.537. The maximum atomic E-state index is 10.8. The van der Waals surface area contributed by atoms with Gasteiger partial charge in [0.15, 0.2) is 0 Å². The van der Waals surface area contributed by atoms with Gasteiger partial charge in [-0.1, -0.05) is 0 Å². The summed E-state index contributed by atoms with van der Waals surface area (Å²) in [6, 6.07) is 1.33. The van der Waals surface area contributed by atoms with Crippen LogP contribution >= 0.6 is 11.3 Å². The summed E-state index contributed by atoms with van der Waals surface area (Å²) < 4.78 is 1.05. The molecule has 14 heavy (non-hydrogen) atoms. The molecule has 0 spiro atoms. The zero-order valence-corrected chi connectivity index (χ0v) is 8.39. The molecule has 0 aliphatic carbocycles. The van der Waals surface area contributed by atoms with Gasteiger partial charge in [0.05, 0.1) is 10.4 Å². The van der Waals surface area contributed by atoms with Crippen LogP contribution in [0.2, 0.25) is 0 Å². The fourth-order valence-electron chi connectivity index (χ4n) is 1.35. The molecule has 2 rings (SSSR count). The van der Waals surface area contributed by atoms with E-state index in [9.17, 15) is 4.79 Å². The summed E-state index contributed by atoms with van der Waals surface area (Å²) >= 11 is 1.59. The molecule has 0 bridgehead atoms. The van der Waals surface area contributed by atoms with Gasteiger partial charge in [-0.05, 0) is 13.0 Å². The number of hydrogen-bond donors (Lipinski definition) is 2. The van der Waals surface area contributed by atoms with Gasteiger partial charge >= 0.3 is 6.03 Å². The number of amides is 2. The first-order valence-corrected chi connectivity index (χ1v) is 4.89. The highest BCUT2D eigenvalue weighted by Crippen LogP contribution is 2.34. The zero-order chi connectivity index (χ0) is 10.1. The second kappa shape index (κ2) is 3.26. The summed E-state index contributed by atoms with van der Waals surface area (Å²) in [5.74, 6) is 0. The normalized spacial score (nSPS) is 10.4. The van der Waals surface area contributed by atoms with Crippen LogP contribution in [0.4, 0.5) is 10.5 Å². The van der Waals surface area contributed by atoms with Crippen LogP contribution in [-0.4, -0.2) is 11.0 Å². The van der Waals surface area contributed by atoms with E-state index in [0.29, 0.717) is 0 Å². The van der Waals surface area contributed by atoms with Gasteiger partial charge in [0.25, 0.3) is 0 Å². The molecule has 4 nitrogen and oxygen atoms in total. The average molecular weight is 207 g/mol. The van der Waals surface area contributed by atoms with E-state index in [2.05, 4.69) is 10.3 Å². The van der Waals surface area contributed by atoms with E-state index in [4.69, 9.17) is 5.73 Å². The molecule has 5 heteroatoms. The number of urea groups is 1. The first kappa shape index (κ1) is 8.96. The Hall–Kier alpha value is -1.62. The molecule has 0 aliphatic heterocycles. The molecule has 2 heterocycles. The number of primary amides is 1. The molecule has 0 radical (unpaired) electrons. The van der Waals surface area contributed by atoms with E-state index < -0.39 is 6.03 Å². The fourth-order valence-corrected chi connectivity index (χ4v) is 2.34. The fraction of sp³-hybridized carbons (Fsp3) is 0.111. The van der Waals surface area contributed by atoms with Crippen LogP contribution in [-0.2, 0) is 0 Å². The predicted molar refractivity (Wildman–Crippen MR) is 57.6 cm³/mol. The van der Waals surface area contributed by atoms with Gasteiger partial charge < -0.3 is 11.1 Å². The Balaban J connectivity index is 2.62. The number of fused-ring (bicyclic) bond motifs is 1. The smallest absolute Gasteiger partial charge is 0.316 e. The molecule has 0 saturated carbocycles. The first-order valence-electron chi connectivity index (χ1n) is 4.08. The maximum absolute atomic E-state index is 10.8. The number of carbonyl (C=O) groups is 1. The van der Waals surface area contributed by atoms with Crippen molar-refractivity contribution in [2.75, 3.05) is 5.32 Å². The van der Waals surface area contributed by atoms with Crippen molar-refractivity contribution < 1.29 is 4.79 Å². The molecule has 0 atom stereocenters. The van der Waals surface area contributed by atoms with Crippen LogP contribution in [0, 0.1) is 6.92 Å². The third-order valence-electron chi connectivity index (χ3n) is 1.92. The van der Waals surface area contributed by atoms with Crippen LogP contribution in [0.15, 0.2) is 18.5 Å². The standard InChI is InChI=1S/C9H9N3OS/c1-5-8(12-9(10)13)6-2-3-11-4-7(6)14-5/h2-4H,1H3,(H3,10,12,13). The number of aromatic nitrogens is 1. The minimum Gasteiger partial charge on any atom is -0.351 e. The predicted octanol–water partition coefficient (Wildman–Crippen LogP) is 2.10. The topological polar surface area (TPSA) is 68.0 Å². The third-order valence-corrected chi connectivity index (χ3v) is 2.97. The van der Waals surface area contributed by atoms with Gasteiger partial charge in [-0.15, -0.1) is 11.3 Å². The highest BCUT2D eigenvalue weighted by Gasteiger charge is 2.09. The van der Waals surface area contributed by atoms with Crippen molar-refractivity contribution in [2.45, 2.75) is 6.92 Å². The number of carbonyl (C=O) groups excluding carboxylic acids is 1. The van der Waals surface area contributed by atoms with Crippen molar-refractivity contribution in [3.8, 4) is 0 Å². The molecular formula is C9H9N3OS. The molecule has 2 aromatic heterocycles. The van der Waals surface area contributed by atoms with Gasteiger partial charge in [-0.25, -0.2) is 4.79 Å². The van der Waals surface area contributed by atoms with Crippen molar-refractivity contribution in [2.24, 2.45) is 5.73 Å².